The van der Waals surface area contributed by atoms with Crippen molar-refractivity contribution in [3.05, 3.63) is 33.9 Å². The molecule has 0 unspecified atom stereocenters. The van der Waals surface area contributed by atoms with Crippen LogP contribution in [0, 0.1) is 16.0 Å². The minimum Gasteiger partial charge on any atom is -0.493 e. The maximum atomic E-state index is 13.0. The van der Waals surface area contributed by atoms with Crippen molar-refractivity contribution in [2.75, 3.05) is 26.7 Å². The van der Waals surface area contributed by atoms with Gasteiger partial charge in [-0.1, -0.05) is 0 Å². The molecule has 1 aliphatic rings. The fraction of sp³-hybridized carbons (Fsp3) is 0.571. The first-order chi connectivity index (χ1) is 10.3. The van der Waals surface area contributed by atoms with E-state index < -0.39 is 22.4 Å². The number of alkyl halides is 3. The molecule has 0 aliphatic carbocycles. The third-order valence-electron chi connectivity index (χ3n) is 3.79. The summed E-state index contributed by atoms with van der Waals surface area (Å²) in [6.45, 7) is 1.97. The lowest BCUT2D eigenvalue weighted by Gasteiger charge is -2.29. The van der Waals surface area contributed by atoms with Crippen LogP contribution in [0.3, 0.4) is 0 Å². The Morgan fingerprint density at radius 2 is 2.00 bits per heavy atom. The average molecular weight is 318 g/mol. The van der Waals surface area contributed by atoms with Gasteiger partial charge in [-0.2, -0.15) is 13.2 Å². The number of likely N-dealkylation sites (tertiary alicyclic amines) is 1. The molecule has 1 aliphatic heterocycles. The zero-order chi connectivity index (χ0) is 16.3. The van der Waals surface area contributed by atoms with E-state index in [4.69, 9.17) is 4.74 Å². The third-order valence-corrected chi connectivity index (χ3v) is 3.79. The first-order valence-corrected chi connectivity index (χ1v) is 6.94. The zero-order valence-electron chi connectivity index (χ0n) is 12.1. The third kappa shape index (κ3) is 4.09. The highest BCUT2D eigenvalue weighted by molar-refractivity contribution is 5.45. The Morgan fingerprint density at radius 1 is 1.36 bits per heavy atom. The fourth-order valence-corrected chi connectivity index (χ4v) is 2.42. The predicted molar refractivity (Wildman–Crippen MR) is 73.8 cm³/mol. The van der Waals surface area contributed by atoms with Crippen LogP contribution in [0.2, 0.25) is 0 Å². The van der Waals surface area contributed by atoms with E-state index >= 15 is 0 Å². The molecule has 2 rings (SSSR count). The maximum absolute atomic E-state index is 13.0. The predicted octanol–water partition coefficient (Wildman–Crippen LogP) is 3.33. The Labute approximate surface area is 125 Å². The van der Waals surface area contributed by atoms with Gasteiger partial charge in [0.1, 0.15) is 11.3 Å². The summed E-state index contributed by atoms with van der Waals surface area (Å²) in [6, 6.07) is 2.57. The van der Waals surface area contributed by atoms with Gasteiger partial charge in [0.25, 0.3) is 5.69 Å². The molecule has 0 bridgehead atoms. The van der Waals surface area contributed by atoms with Gasteiger partial charge in [0.05, 0.1) is 11.5 Å². The van der Waals surface area contributed by atoms with Crippen molar-refractivity contribution >= 4 is 5.69 Å². The molecular weight excluding hydrogens is 301 g/mol. The van der Waals surface area contributed by atoms with Gasteiger partial charge in [-0.05, 0) is 45.0 Å². The Kier molecular flexibility index (Phi) is 4.90. The van der Waals surface area contributed by atoms with Gasteiger partial charge in [0, 0.05) is 12.1 Å². The molecule has 8 heteroatoms. The summed E-state index contributed by atoms with van der Waals surface area (Å²) in [5.74, 6) is -0.149. The molecule has 0 saturated carbocycles. The summed E-state index contributed by atoms with van der Waals surface area (Å²) in [4.78, 5) is 11.9. The van der Waals surface area contributed by atoms with Crippen molar-refractivity contribution in [2.24, 2.45) is 5.92 Å². The summed E-state index contributed by atoms with van der Waals surface area (Å²) < 4.78 is 44.3. The number of halogens is 3. The lowest BCUT2D eigenvalue weighted by atomic mass is 9.98. The molecule has 0 amide bonds. The van der Waals surface area contributed by atoms with E-state index in [0.717, 1.165) is 38.1 Å². The second-order valence-corrected chi connectivity index (χ2v) is 5.49. The van der Waals surface area contributed by atoms with E-state index in [1.807, 2.05) is 7.05 Å². The first-order valence-electron chi connectivity index (χ1n) is 6.94. The summed E-state index contributed by atoms with van der Waals surface area (Å²) >= 11 is 0. The molecule has 1 heterocycles. The molecule has 1 aromatic carbocycles. The van der Waals surface area contributed by atoms with Gasteiger partial charge in [0.2, 0.25) is 0 Å². The number of hydrogen-bond acceptors (Lipinski definition) is 4. The molecule has 122 valence electrons. The van der Waals surface area contributed by atoms with Crippen LogP contribution >= 0.6 is 0 Å². The number of rotatable bonds is 4. The van der Waals surface area contributed by atoms with E-state index in [1.165, 1.54) is 0 Å². The fourth-order valence-electron chi connectivity index (χ4n) is 2.42. The van der Waals surface area contributed by atoms with Crippen molar-refractivity contribution in [3.8, 4) is 5.75 Å². The molecule has 22 heavy (non-hydrogen) atoms. The van der Waals surface area contributed by atoms with Gasteiger partial charge in [-0.3, -0.25) is 10.1 Å². The largest absolute Gasteiger partial charge is 0.493 e. The zero-order valence-corrected chi connectivity index (χ0v) is 12.1. The molecule has 0 N–H and O–H groups in total. The second-order valence-electron chi connectivity index (χ2n) is 5.49. The quantitative estimate of drug-likeness (QED) is 0.631. The van der Waals surface area contributed by atoms with E-state index in [-0.39, 0.29) is 18.3 Å². The number of non-ortho nitro benzene ring substituents is 1. The van der Waals surface area contributed by atoms with Gasteiger partial charge in [-0.25, -0.2) is 0 Å². The number of piperidine rings is 1. The Hall–Kier alpha value is -1.83. The molecule has 1 fully saturated rings. The molecule has 0 aromatic heterocycles. The van der Waals surface area contributed by atoms with E-state index in [0.29, 0.717) is 6.07 Å². The SMILES string of the molecule is CN1CCC(COc2ccc([N+](=O)[O-])cc2C(F)(F)F)CC1. The lowest BCUT2D eigenvalue weighted by Crippen LogP contribution is -2.32. The average Bonchev–Trinajstić information content (AvgIpc) is 2.45. The van der Waals surface area contributed by atoms with Crippen molar-refractivity contribution in [3.63, 3.8) is 0 Å². The standard InChI is InChI=1S/C14H17F3N2O3/c1-18-6-4-10(5-7-18)9-22-13-3-2-11(19(20)21)8-12(13)14(15,16)17/h2-3,8,10H,4-7,9H2,1H3. The molecule has 0 atom stereocenters. The van der Waals surface area contributed by atoms with Crippen LogP contribution < -0.4 is 4.74 Å². The maximum Gasteiger partial charge on any atom is 0.420 e. The van der Waals surface area contributed by atoms with Crippen molar-refractivity contribution in [1.82, 2.24) is 4.90 Å². The number of ether oxygens (including phenoxy) is 1. The number of hydrogen-bond donors (Lipinski definition) is 0. The molecule has 5 nitrogen and oxygen atoms in total. The van der Waals surface area contributed by atoms with Gasteiger partial charge in [-0.15, -0.1) is 0 Å². The Morgan fingerprint density at radius 3 is 2.55 bits per heavy atom. The second kappa shape index (κ2) is 6.51. The summed E-state index contributed by atoms with van der Waals surface area (Å²) in [6.07, 6.45) is -2.95. The van der Waals surface area contributed by atoms with Crippen molar-refractivity contribution in [1.29, 1.82) is 0 Å². The van der Waals surface area contributed by atoms with Gasteiger partial charge < -0.3 is 9.64 Å². The number of nitro groups is 1. The van der Waals surface area contributed by atoms with E-state index in [2.05, 4.69) is 4.90 Å². The summed E-state index contributed by atoms with van der Waals surface area (Å²) in [5.41, 5.74) is -1.70. The highest BCUT2D eigenvalue weighted by Gasteiger charge is 2.36. The van der Waals surface area contributed by atoms with Crippen LogP contribution in [0.25, 0.3) is 0 Å². The summed E-state index contributed by atoms with van der Waals surface area (Å²) in [7, 11) is 2.00. The Balaban J connectivity index is 2.11. The molecule has 0 spiro atoms. The van der Waals surface area contributed by atoms with Crippen molar-refractivity contribution in [2.45, 2.75) is 19.0 Å². The number of benzene rings is 1. The number of nitro benzene ring substituents is 1. The monoisotopic (exact) mass is 318 g/mol. The van der Waals surface area contributed by atoms with Crippen LogP contribution in [0.5, 0.6) is 5.75 Å². The first kappa shape index (κ1) is 16.5. The van der Waals surface area contributed by atoms with Gasteiger partial charge in [0.15, 0.2) is 0 Å². The number of nitrogens with zero attached hydrogens (tertiary/aromatic N) is 2. The van der Waals surface area contributed by atoms with Crippen LogP contribution in [0.1, 0.15) is 18.4 Å². The topological polar surface area (TPSA) is 55.6 Å². The highest BCUT2D eigenvalue weighted by atomic mass is 19.4. The Bertz CT molecular complexity index is 541. The van der Waals surface area contributed by atoms with E-state index in [1.54, 1.807) is 0 Å². The van der Waals surface area contributed by atoms with Crippen molar-refractivity contribution < 1.29 is 22.8 Å². The molecule has 1 aromatic rings. The minimum atomic E-state index is -4.69. The van der Waals surface area contributed by atoms with Gasteiger partial charge >= 0.3 is 6.18 Å². The molecule has 0 radical (unpaired) electrons. The summed E-state index contributed by atoms with van der Waals surface area (Å²) in [5, 5.41) is 10.6. The van der Waals surface area contributed by atoms with E-state index in [9.17, 15) is 23.3 Å². The molecule has 1 saturated heterocycles. The normalized spacial score (nSPS) is 17.5. The van der Waals surface area contributed by atoms with Crippen LogP contribution in [0.4, 0.5) is 18.9 Å². The van der Waals surface area contributed by atoms with Crippen LogP contribution in [-0.2, 0) is 6.18 Å². The molecular formula is C14H17F3N2O3. The van der Waals surface area contributed by atoms with Crippen LogP contribution in [-0.4, -0.2) is 36.6 Å². The highest BCUT2D eigenvalue weighted by Crippen LogP contribution is 2.38. The minimum absolute atomic E-state index is 0.189. The van der Waals surface area contributed by atoms with Crippen LogP contribution in [0.15, 0.2) is 18.2 Å². The smallest absolute Gasteiger partial charge is 0.420 e. The lowest BCUT2D eigenvalue weighted by molar-refractivity contribution is -0.385.